The average molecular weight is 528 g/mol. The number of nitrogens with zero attached hydrogens (tertiary/aromatic N) is 1. The van der Waals surface area contributed by atoms with Crippen molar-refractivity contribution in [2.24, 2.45) is 0 Å². The van der Waals surface area contributed by atoms with E-state index in [0.29, 0.717) is 28.6 Å². The molecular formula is C26H19ClFNO6S. The van der Waals surface area contributed by atoms with Crippen LogP contribution in [0.15, 0.2) is 59.5 Å². The van der Waals surface area contributed by atoms with E-state index < -0.39 is 17.0 Å². The molecule has 10 heteroatoms. The van der Waals surface area contributed by atoms with E-state index in [1.807, 2.05) is 18.2 Å². The van der Waals surface area contributed by atoms with Crippen molar-refractivity contribution in [1.29, 1.82) is 0 Å². The SMILES string of the molecule is COc1cc(C=C2SC(=O)N(Cc3c(F)cccc3Cl)C2=O)ccc1OCc1ccc2c(c1)OCO2. The summed E-state index contributed by atoms with van der Waals surface area (Å²) in [6, 6.07) is 15.0. The first-order valence-corrected chi connectivity index (χ1v) is 12.0. The Morgan fingerprint density at radius 2 is 1.92 bits per heavy atom. The van der Waals surface area contributed by atoms with Crippen LogP contribution in [0.25, 0.3) is 6.08 Å². The fourth-order valence-electron chi connectivity index (χ4n) is 3.71. The Labute approximate surface area is 215 Å². The maximum absolute atomic E-state index is 14.2. The Bertz CT molecular complexity index is 1370. The van der Waals surface area contributed by atoms with Crippen LogP contribution in [-0.4, -0.2) is 29.9 Å². The van der Waals surface area contributed by atoms with E-state index in [4.69, 9.17) is 30.5 Å². The first kappa shape index (κ1) is 24.0. The maximum atomic E-state index is 14.2. The van der Waals surface area contributed by atoms with Gasteiger partial charge in [0.1, 0.15) is 12.4 Å². The Kier molecular flexibility index (Phi) is 6.75. The molecule has 1 fully saturated rings. The molecule has 3 aromatic carbocycles. The maximum Gasteiger partial charge on any atom is 0.293 e. The molecular weight excluding hydrogens is 509 g/mol. The zero-order chi connectivity index (χ0) is 25.2. The molecule has 2 amide bonds. The molecule has 1 saturated heterocycles. The van der Waals surface area contributed by atoms with Crippen LogP contribution in [0, 0.1) is 5.82 Å². The predicted octanol–water partition coefficient (Wildman–Crippen LogP) is 6.03. The number of thioether (sulfide) groups is 1. The van der Waals surface area contributed by atoms with Gasteiger partial charge in [-0.3, -0.25) is 14.5 Å². The average Bonchev–Trinajstić information content (AvgIpc) is 3.44. The monoisotopic (exact) mass is 527 g/mol. The van der Waals surface area contributed by atoms with Crippen LogP contribution in [0.2, 0.25) is 5.02 Å². The quantitative estimate of drug-likeness (QED) is 0.347. The minimum atomic E-state index is -0.577. The fraction of sp³-hybridized carbons (Fsp3) is 0.154. The van der Waals surface area contributed by atoms with Gasteiger partial charge < -0.3 is 18.9 Å². The third-order valence-corrected chi connectivity index (χ3v) is 6.83. The standard InChI is InChI=1S/C26H19ClFNO6S/c1-32-22-9-15(5-7-20(22)33-13-16-6-8-21-23(10-16)35-14-34-21)11-24-25(30)29(26(31)36-24)12-17-18(27)3-2-4-19(17)28/h2-11H,12-14H2,1H3. The van der Waals surface area contributed by atoms with Gasteiger partial charge in [-0.15, -0.1) is 0 Å². The molecule has 2 aliphatic rings. The van der Waals surface area contributed by atoms with Crippen LogP contribution >= 0.6 is 23.4 Å². The van der Waals surface area contributed by atoms with Crippen molar-refractivity contribution in [2.45, 2.75) is 13.2 Å². The van der Waals surface area contributed by atoms with Crippen LogP contribution < -0.4 is 18.9 Å². The number of halogens is 2. The summed E-state index contributed by atoms with van der Waals surface area (Å²) in [5.41, 5.74) is 1.62. The molecule has 2 heterocycles. The van der Waals surface area contributed by atoms with Crippen LogP contribution in [0.4, 0.5) is 9.18 Å². The summed E-state index contributed by atoms with van der Waals surface area (Å²) in [4.78, 5) is 26.5. The van der Waals surface area contributed by atoms with Gasteiger partial charge in [-0.2, -0.15) is 0 Å². The third kappa shape index (κ3) is 4.84. The van der Waals surface area contributed by atoms with Gasteiger partial charge in [0, 0.05) is 10.6 Å². The number of methoxy groups -OCH3 is 1. The van der Waals surface area contributed by atoms with Crippen molar-refractivity contribution >= 4 is 40.6 Å². The number of amides is 2. The number of carbonyl (C=O) groups is 2. The van der Waals surface area contributed by atoms with Gasteiger partial charge >= 0.3 is 0 Å². The zero-order valence-corrected chi connectivity index (χ0v) is 20.5. The van der Waals surface area contributed by atoms with E-state index in [2.05, 4.69) is 0 Å². The van der Waals surface area contributed by atoms with E-state index in [9.17, 15) is 14.0 Å². The van der Waals surface area contributed by atoms with Crippen molar-refractivity contribution in [3.05, 3.63) is 87.0 Å². The van der Waals surface area contributed by atoms with Crippen LogP contribution in [0.1, 0.15) is 16.7 Å². The molecule has 0 saturated carbocycles. The lowest BCUT2D eigenvalue weighted by atomic mass is 10.1. The van der Waals surface area contributed by atoms with E-state index in [0.717, 1.165) is 22.2 Å². The molecule has 0 spiro atoms. The summed E-state index contributed by atoms with van der Waals surface area (Å²) in [7, 11) is 1.51. The van der Waals surface area contributed by atoms with E-state index in [1.165, 1.54) is 25.3 Å². The summed E-state index contributed by atoms with van der Waals surface area (Å²) in [5.74, 6) is 1.24. The molecule has 0 N–H and O–H groups in total. The van der Waals surface area contributed by atoms with Gasteiger partial charge in [-0.1, -0.05) is 29.8 Å². The minimum absolute atomic E-state index is 0.0911. The highest BCUT2D eigenvalue weighted by Crippen LogP contribution is 2.37. The fourth-order valence-corrected chi connectivity index (χ4v) is 4.78. The molecule has 0 aliphatic carbocycles. The number of carbonyl (C=O) groups excluding carboxylic acids is 2. The normalized spacial score (nSPS) is 15.6. The van der Waals surface area contributed by atoms with Crippen molar-refractivity contribution in [2.75, 3.05) is 13.9 Å². The Morgan fingerprint density at radius 3 is 2.72 bits per heavy atom. The second kappa shape index (κ2) is 10.1. The smallest absolute Gasteiger partial charge is 0.293 e. The second-order valence-electron chi connectivity index (χ2n) is 7.85. The Balaban J connectivity index is 1.30. The van der Waals surface area contributed by atoms with Gasteiger partial charge in [0.15, 0.2) is 23.0 Å². The molecule has 5 rings (SSSR count). The lowest BCUT2D eigenvalue weighted by Gasteiger charge is -2.14. The Hall–Kier alpha value is -3.69. The zero-order valence-electron chi connectivity index (χ0n) is 19.0. The minimum Gasteiger partial charge on any atom is -0.493 e. The predicted molar refractivity (Wildman–Crippen MR) is 133 cm³/mol. The molecule has 7 nitrogen and oxygen atoms in total. The van der Waals surface area contributed by atoms with Crippen molar-refractivity contribution in [1.82, 2.24) is 4.90 Å². The Morgan fingerprint density at radius 1 is 1.08 bits per heavy atom. The van der Waals surface area contributed by atoms with Crippen LogP contribution in [0.5, 0.6) is 23.0 Å². The number of rotatable bonds is 7. The summed E-state index contributed by atoms with van der Waals surface area (Å²) in [6.45, 7) is 0.235. The van der Waals surface area contributed by atoms with Gasteiger partial charge in [0.05, 0.1) is 18.6 Å². The molecule has 0 atom stereocenters. The molecule has 0 unspecified atom stereocenters. The highest BCUT2D eigenvalue weighted by atomic mass is 35.5. The topological polar surface area (TPSA) is 74.3 Å². The first-order chi connectivity index (χ1) is 17.4. The van der Waals surface area contributed by atoms with Crippen molar-refractivity contribution < 1.29 is 32.9 Å². The lowest BCUT2D eigenvalue weighted by Crippen LogP contribution is -2.28. The van der Waals surface area contributed by atoms with E-state index >= 15 is 0 Å². The van der Waals surface area contributed by atoms with Gasteiger partial charge in [-0.05, 0) is 65.4 Å². The van der Waals surface area contributed by atoms with Crippen LogP contribution in [-0.2, 0) is 17.9 Å². The summed E-state index contributed by atoms with van der Waals surface area (Å²) < 4.78 is 36.3. The van der Waals surface area contributed by atoms with Crippen molar-refractivity contribution in [3.8, 4) is 23.0 Å². The first-order valence-electron chi connectivity index (χ1n) is 10.8. The van der Waals surface area contributed by atoms with Crippen molar-refractivity contribution in [3.63, 3.8) is 0 Å². The second-order valence-corrected chi connectivity index (χ2v) is 9.26. The highest BCUT2D eigenvalue weighted by Gasteiger charge is 2.36. The summed E-state index contributed by atoms with van der Waals surface area (Å²) in [5, 5.41) is -0.347. The summed E-state index contributed by atoms with van der Waals surface area (Å²) in [6.07, 6.45) is 1.58. The lowest BCUT2D eigenvalue weighted by molar-refractivity contribution is -0.123. The van der Waals surface area contributed by atoms with E-state index in [-0.39, 0.29) is 35.4 Å². The molecule has 3 aromatic rings. The number of ether oxygens (including phenoxy) is 4. The van der Waals surface area contributed by atoms with Gasteiger partial charge in [-0.25, -0.2) is 4.39 Å². The number of imide groups is 1. The van der Waals surface area contributed by atoms with Crippen LogP contribution in [0.3, 0.4) is 0 Å². The number of benzene rings is 3. The highest BCUT2D eigenvalue weighted by molar-refractivity contribution is 8.18. The molecule has 0 aromatic heterocycles. The summed E-state index contributed by atoms with van der Waals surface area (Å²) >= 11 is 6.84. The molecule has 36 heavy (non-hydrogen) atoms. The molecule has 2 aliphatic heterocycles. The third-order valence-electron chi connectivity index (χ3n) is 5.57. The largest absolute Gasteiger partial charge is 0.493 e. The van der Waals surface area contributed by atoms with E-state index in [1.54, 1.807) is 24.3 Å². The number of fused-ring (bicyclic) bond motifs is 1. The molecule has 0 bridgehead atoms. The molecule has 0 radical (unpaired) electrons. The molecule has 184 valence electrons. The number of hydrogen-bond acceptors (Lipinski definition) is 7. The van der Waals surface area contributed by atoms with Gasteiger partial charge in [0.2, 0.25) is 6.79 Å². The number of hydrogen-bond donors (Lipinski definition) is 0. The van der Waals surface area contributed by atoms with Gasteiger partial charge in [0.25, 0.3) is 11.1 Å².